The lowest BCUT2D eigenvalue weighted by Gasteiger charge is -2.04. The van der Waals surface area contributed by atoms with Gasteiger partial charge in [-0.15, -0.1) is 0 Å². The number of aromatic carboxylic acids is 1. The van der Waals surface area contributed by atoms with Crippen LogP contribution < -0.4 is 0 Å². The Morgan fingerprint density at radius 2 is 2.00 bits per heavy atom. The van der Waals surface area contributed by atoms with Crippen LogP contribution in [-0.2, 0) is 0 Å². The van der Waals surface area contributed by atoms with Crippen molar-refractivity contribution in [3.8, 4) is 0 Å². The van der Waals surface area contributed by atoms with Gasteiger partial charge >= 0.3 is 5.97 Å². The fourth-order valence-corrected chi connectivity index (χ4v) is 1.36. The van der Waals surface area contributed by atoms with Gasteiger partial charge in [0.15, 0.2) is 0 Å². The Labute approximate surface area is 83.9 Å². The van der Waals surface area contributed by atoms with Crippen molar-refractivity contribution >= 4 is 29.2 Å². The molecule has 0 radical (unpaired) electrons. The van der Waals surface area contributed by atoms with Crippen LogP contribution in [0, 0.1) is 12.7 Å². The van der Waals surface area contributed by atoms with Gasteiger partial charge < -0.3 is 5.11 Å². The average Bonchev–Trinajstić information content (AvgIpc) is 2.07. The molecule has 0 aliphatic rings. The minimum absolute atomic E-state index is 0.159. The Morgan fingerprint density at radius 3 is 2.46 bits per heavy atom. The molecule has 0 heterocycles. The summed E-state index contributed by atoms with van der Waals surface area (Å²) in [5.41, 5.74) is -0.0302. The van der Waals surface area contributed by atoms with Crippen molar-refractivity contribution in [2.75, 3.05) is 0 Å². The van der Waals surface area contributed by atoms with E-state index in [-0.39, 0.29) is 21.2 Å². The molecule has 5 heteroatoms. The zero-order chi connectivity index (χ0) is 10.2. The molecular weight excluding hydrogens is 218 g/mol. The van der Waals surface area contributed by atoms with Gasteiger partial charge in [0.1, 0.15) is 5.82 Å². The first kappa shape index (κ1) is 10.3. The van der Waals surface area contributed by atoms with Crippen molar-refractivity contribution < 1.29 is 14.3 Å². The fraction of sp³-hybridized carbons (Fsp3) is 0.125. The van der Waals surface area contributed by atoms with E-state index in [2.05, 4.69) is 0 Å². The monoisotopic (exact) mass is 222 g/mol. The van der Waals surface area contributed by atoms with Gasteiger partial charge in [-0.3, -0.25) is 0 Å². The van der Waals surface area contributed by atoms with Crippen LogP contribution in [0.1, 0.15) is 15.9 Å². The molecule has 1 aromatic rings. The minimum atomic E-state index is -1.23. The first-order valence-corrected chi connectivity index (χ1v) is 4.08. The second-order valence-electron chi connectivity index (χ2n) is 2.49. The van der Waals surface area contributed by atoms with Crippen molar-refractivity contribution in [3.63, 3.8) is 0 Å². The summed E-state index contributed by atoms with van der Waals surface area (Å²) in [6.45, 7) is 1.42. The number of aryl methyl sites for hydroxylation is 1. The number of rotatable bonds is 1. The summed E-state index contributed by atoms with van der Waals surface area (Å²) in [7, 11) is 0. The van der Waals surface area contributed by atoms with Crippen molar-refractivity contribution in [1.82, 2.24) is 0 Å². The molecule has 0 aromatic heterocycles. The van der Waals surface area contributed by atoms with Gasteiger partial charge in [-0.1, -0.05) is 23.2 Å². The molecule has 1 N–H and O–H groups in total. The molecule has 1 aromatic carbocycles. The summed E-state index contributed by atoms with van der Waals surface area (Å²) in [4.78, 5) is 10.6. The van der Waals surface area contributed by atoms with E-state index >= 15 is 0 Å². The molecule has 70 valence electrons. The maximum atomic E-state index is 13.0. The zero-order valence-electron chi connectivity index (χ0n) is 6.57. The third-order valence-corrected chi connectivity index (χ3v) is 2.40. The van der Waals surface area contributed by atoms with Gasteiger partial charge in [-0.05, 0) is 18.6 Å². The van der Waals surface area contributed by atoms with E-state index < -0.39 is 11.8 Å². The van der Waals surface area contributed by atoms with Crippen LogP contribution in [-0.4, -0.2) is 11.1 Å². The maximum Gasteiger partial charge on any atom is 0.337 e. The molecule has 13 heavy (non-hydrogen) atoms. The number of benzene rings is 1. The largest absolute Gasteiger partial charge is 0.478 e. The van der Waals surface area contributed by atoms with Crippen molar-refractivity contribution in [3.05, 3.63) is 33.1 Å². The summed E-state index contributed by atoms with van der Waals surface area (Å²) >= 11 is 11.0. The Morgan fingerprint density at radius 1 is 1.46 bits per heavy atom. The van der Waals surface area contributed by atoms with E-state index in [0.29, 0.717) is 0 Å². The van der Waals surface area contributed by atoms with Gasteiger partial charge in [0.05, 0.1) is 15.6 Å². The normalized spacial score (nSPS) is 10.2. The number of hydrogen-bond acceptors (Lipinski definition) is 1. The Bertz CT molecular complexity index is 377. The molecule has 0 spiro atoms. The maximum absolute atomic E-state index is 13.0. The standard InChI is InChI=1S/C8H5Cl2FO2/c1-3-2-4(8(12)13)5(9)6(10)7(3)11/h2H,1H3,(H,12,13). The lowest BCUT2D eigenvalue weighted by molar-refractivity contribution is 0.0697. The van der Waals surface area contributed by atoms with E-state index in [1.54, 1.807) is 0 Å². The fourth-order valence-electron chi connectivity index (χ4n) is 0.887. The van der Waals surface area contributed by atoms with Gasteiger partial charge in [0.25, 0.3) is 0 Å². The molecule has 0 saturated heterocycles. The number of carboxylic acids is 1. The predicted molar refractivity (Wildman–Crippen MR) is 48.1 cm³/mol. The molecule has 2 nitrogen and oxygen atoms in total. The predicted octanol–water partition coefficient (Wildman–Crippen LogP) is 3.14. The first-order chi connectivity index (χ1) is 5.95. The van der Waals surface area contributed by atoms with E-state index in [4.69, 9.17) is 28.3 Å². The van der Waals surface area contributed by atoms with Crippen LogP contribution in [0.2, 0.25) is 10.0 Å². The number of halogens is 3. The molecule has 0 atom stereocenters. The highest BCUT2D eigenvalue weighted by atomic mass is 35.5. The average molecular weight is 223 g/mol. The SMILES string of the molecule is Cc1cc(C(=O)O)c(Cl)c(Cl)c1F. The molecule has 0 unspecified atom stereocenters. The second-order valence-corrected chi connectivity index (χ2v) is 3.24. The second kappa shape index (κ2) is 3.52. The summed E-state index contributed by atoms with van der Waals surface area (Å²) in [5.74, 6) is -1.91. The molecule has 0 saturated carbocycles. The highest BCUT2D eigenvalue weighted by molar-refractivity contribution is 6.43. The van der Waals surface area contributed by atoms with Gasteiger partial charge in [0.2, 0.25) is 0 Å². The topological polar surface area (TPSA) is 37.3 Å². The first-order valence-electron chi connectivity index (χ1n) is 3.32. The van der Waals surface area contributed by atoms with Gasteiger partial charge in [-0.2, -0.15) is 0 Å². The van der Waals surface area contributed by atoms with E-state index in [1.165, 1.54) is 6.92 Å². The van der Waals surface area contributed by atoms with E-state index in [1.807, 2.05) is 0 Å². The number of hydrogen-bond donors (Lipinski definition) is 1. The molecule has 1 rings (SSSR count). The van der Waals surface area contributed by atoms with E-state index in [9.17, 15) is 9.18 Å². The van der Waals surface area contributed by atoms with Crippen LogP contribution in [0.4, 0.5) is 4.39 Å². The number of carbonyl (C=O) groups is 1. The van der Waals surface area contributed by atoms with Crippen molar-refractivity contribution in [1.29, 1.82) is 0 Å². The molecular formula is C8H5Cl2FO2. The molecule has 0 amide bonds. The smallest absolute Gasteiger partial charge is 0.337 e. The van der Waals surface area contributed by atoms with Crippen LogP contribution in [0.25, 0.3) is 0 Å². The lowest BCUT2D eigenvalue weighted by Crippen LogP contribution is -2.00. The van der Waals surface area contributed by atoms with Crippen LogP contribution in [0.15, 0.2) is 6.07 Å². The van der Waals surface area contributed by atoms with Crippen molar-refractivity contribution in [2.45, 2.75) is 6.92 Å². The molecule has 0 bridgehead atoms. The molecule has 0 aliphatic carbocycles. The molecule has 0 aliphatic heterocycles. The lowest BCUT2D eigenvalue weighted by atomic mass is 10.1. The van der Waals surface area contributed by atoms with Crippen LogP contribution in [0.5, 0.6) is 0 Å². The number of carboxylic acid groups (broad SMARTS) is 1. The zero-order valence-corrected chi connectivity index (χ0v) is 8.08. The summed E-state index contributed by atoms with van der Waals surface area (Å²) in [5, 5.41) is 8.03. The summed E-state index contributed by atoms with van der Waals surface area (Å²) in [6, 6.07) is 1.14. The molecule has 0 fully saturated rings. The quantitative estimate of drug-likeness (QED) is 0.742. The minimum Gasteiger partial charge on any atom is -0.478 e. The van der Waals surface area contributed by atoms with E-state index in [0.717, 1.165) is 6.07 Å². The Balaban J connectivity index is 3.50. The van der Waals surface area contributed by atoms with Gasteiger partial charge in [0, 0.05) is 0 Å². The Kier molecular flexibility index (Phi) is 2.78. The van der Waals surface area contributed by atoms with Crippen molar-refractivity contribution in [2.24, 2.45) is 0 Å². The Hall–Kier alpha value is -0.800. The summed E-state index contributed by atoms with van der Waals surface area (Å²) < 4.78 is 13.0. The highest BCUT2D eigenvalue weighted by Crippen LogP contribution is 2.30. The summed E-state index contributed by atoms with van der Waals surface area (Å²) in [6.07, 6.45) is 0. The third kappa shape index (κ3) is 1.76. The third-order valence-electron chi connectivity index (χ3n) is 1.56. The highest BCUT2D eigenvalue weighted by Gasteiger charge is 2.17. The van der Waals surface area contributed by atoms with Crippen LogP contribution in [0.3, 0.4) is 0 Å². The van der Waals surface area contributed by atoms with Crippen LogP contribution >= 0.6 is 23.2 Å². The van der Waals surface area contributed by atoms with Gasteiger partial charge in [-0.25, -0.2) is 9.18 Å².